The fourth-order valence-electron chi connectivity index (χ4n) is 3.32. The van der Waals surface area contributed by atoms with Crippen LogP contribution in [0, 0.1) is 0 Å². The lowest BCUT2D eigenvalue weighted by Crippen LogP contribution is -2.51. The molecule has 132 valence electrons. The van der Waals surface area contributed by atoms with Gasteiger partial charge in [0, 0.05) is 19.6 Å². The maximum atomic E-state index is 12.7. The number of morpholine rings is 1. The van der Waals surface area contributed by atoms with Gasteiger partial charge in [0.25, 0.3) is 0 Å². The third kappa shape index (κ3) is 3.96. The smallest absolute Gasteiger partial charge is 0.241 e. The minimum Gasteiger partial charge on any atom is -0.378 e. The van der Waals surface area contributed by atoms with Crippen LogP contribution >= 0.6 is 0 Å². The van der Waals surface area contributed by atoms with E-state index in [1.807, 2.05) is 30.3 Å². The summed E-state index contributed by atoms with van der Waals surface area (Å²) in [5.74, 6) is -0.0248. The molecule has 1 amide bonds. The lowest BCUT2D eigenvalue weighted by Gasteiger charge is -2.32. The highest BCUT2D eigenvalue weighted by molar-refractivity contribution is 7.89. The molecule has 2 aliphatic heterocycles. The number of rotatable bonds is 5. The molecule has 7 heteroatoms. The number of nitrogens with zero attached hydrogens (tertiary/aromatic N) is 2. The molecule has 0 saturated carbocycles. The average molecular weight is 352 g/mol. The van der Waals surface area contributed by atoms with E-state index in [1.54, 1.807) is 4.90 Å². The third-order valence-electron chi connectivity index (χ3n) is 4.66. The first-order valence-corrected chi connectivity index (χ1v) is 10.1. The molecule has 0 aliphatic carbocycles. The Kier molecular flexibility index (Phi) is 5.53. The monoisotopic (exact) mass is 352 g/mol. The molecular weight excluding hydrogens is 328 g/mol. The van der Waals surface area contributed by atoms with Crippen molar-refractivity contribution in [2.45, 2.75) is 25.3 Å². The van der Waals surface area contributed by atoms with Gasteiger partial charge in [-0.1, -0.05) is 30.3 Å². The van der Waals surface area contributed by atoms with Crippen LogP contribution in [0.25, 0.3) is 0 Å². The van der Waals surface area contributed by atoms with Gasteiger partial charge in [-0.2, -0.15) is 4.31 Å². The largest absolute Gasteiger partial charge is 0.378 e. The minimum absolute atomic E-state index is 0.0455. The van der Waals surface area contributed by atoms with Crippen molar-refractivity contribution in [1.29, 1.82) is 0 Å². The Bertz CT molecular complexity index is 656. The van der Waals surface area contributed by atoms with E-state index in [9.17, 15) is 13.2 Å². The molecule has 0 unspecified atom stereocenters. The van der Waals surface area contributed by atoms with Crippen LogP contribution < -0.4 is 0 Å². The summed E-state index contributed by atoms with van der Waals surface area (Å²) in [5.41, 5.74) is 0.997. The van der Waals surface area contributed by atoms with Gasteiger partial charge in [0.15, 0.2) is 0 Å². The second kappa shape index (κ2) is 7.63. The highest BCUT2D eigenvalue weighted by Gasteiger charge is 2.40. The molecule has 1 aromatic carbocycles. The first-order valence-electron chi connectivity index (χ1n) is 8.48. The van der Waals surface area contributed by atoms with Crippen molar-refractivity contribution in [2.75, 3.05) is 38.6 Å². The second-order valence-electron chi connectivity index (χ2n) is 6.26. The number of sulfonamides is 1. The van der Waals surface area contributed by atoms with E-state index in [2.05, 4.69) is 0 Å². The summed E-state index contributed by atoms with van der Waals surface area (Å²) < 4.78 is 32.2. The van der Waals surface area contributed by atoms with Crippen molar-refractivity contribution in [3.8, 4) is 0 Å². The molecule has 1 aromatic rings. The van der Waals surface area contributed by atoms with Crippen LogP contribution in [-0.4, -0.2) is 68.2 Å². The van der Waals surface area contributed by atoms with Gasteiger partial charge in [-0.15, -0.1) is 0 Å². The summed E-state index contributed by atoms with van der Waals surface area (Å²) >= 11 is 0. The van der Waals surface area contributed by atoms with Crippen molar-refractivity contribution in [1.82, 2.24) is 9.21 Å². The number of ether oxygens (including phenoxy) is 1. The first kappa shape index (κ1) is 17.4. The number of carbonyl (C=O) groups is 1. The van der Waals surface area contributed by atoms with Crippen molar-refractivity contribution in [3.05, 3.63) is 35.9 Å². The number of amides is 1. The fourth-order valence-corrected chi connectivity index (χ4v) is 5.04. The van der Waals surface area contributed by atoms with Gasteiger partial charge in [-0.05, 0) is 24.8 Å². The molecule has 6 nitrogen and oxygen atoms in total. The summed E-state index contributed by atoms with van der Waals surface area (Å²) in [6.45, 7) is 2.59. The molecule has 1 atom stereocenters. The molecule has 0 aromatic heterocycles. The predicted octanol–water partition coefficient (Wildman–Crippen LogP) is 0.882. The molecule has 24 heavy (non-hydrogen) atoms. The van der Waals surface area contributed by atoms with Gasteiger partial charge in [0.2, 0.25) is 15.9 Å². The molecule has 2 aliphatic rings. The summed E-state index contributed by atoms with van der Waals surface area (Å²) in [4.78, 5) is 14.4. The average Bonchev–Trinajstić information content (AvgIpc) is 3.12. The van der Waals surface area contributed by atoms with Crippen LogP contribution in [0.5, 0.6) is 0 Å². The first-order chi connectivity index (χ1) is 11.6. The maximum absolute atomic E-state index is 12.7. The minimum atomic E-state index is -3.44. The van der Waals surface area contributed by atoms with E-state index >= 15 is 0 Å². The van der Waals surface area contributed by atoms with Crippen molar-refractivity contribution in [3.63, 3.8) is 0 Å². The van der Waals surface area contributed by atoms with Crippen LogP contribution in [0.15, 0.2) is 30.3 Å². The Labute approximate surface area is 143 Å². The zero-order valence-electron chi connectivity index (χ0n) is 13.8. The summed E-state index contributed by atoms with van der Waals surface area (Å²) in [6, 6.07) is 9.04. The zero-order valence-corrected chi connectivity index (χ0v) is 14.6. The lowest BCUT2D eigenvalue weighted by atomic mass is 10.2. The Hall–Kier alpha value is -1.44. The zero-order chi connectivity index (χ0) is 17.0. The normalized spacial score (nSPS) is 22.7. The van der Waals surface area contributed by atoms with Crippen LogP contribution in [0.3, 0.4) is 0 Å². The molecule has 0 bridgehead atoms. The molecule has 0 N–H and O–H groups in total. The fraction of sp³-hybridized carbons (Fsp3) is 0.588. The Balaban J connectivity index is 1.65. The van der Waals surface area contributed by atoms with E-state index in [1.165, 1.54) is 4.31 Å². The number of hydrogen-bond acceptors (Lipinski definition) is 4. The van der Waals surface area contributed by atoms with E-state index in [0.717, 1.165) is 12.0 Å². The highest BCUT2D eigenvalue weighted by Crippen LogP contribution is 2.24. The topological polar surface area (TPSA) is 66.9 Å². The summed E-state index contributed by atoms with van der Waals surface area (Å²) in [6.07, 6.45) is 1.82. The van der Waals surface area contributed by atoms with Crippen LogP contribution in [0.4, 0.5) is 0 Å². The lowest BCUT2D eigenvalue weighted by molar-refractivity contribution is -0.138. The standard InChI is InChI=1S/C17H24N2O4S/c20-17(18-10-12-23-13-11-18)16-7-4-9-19(16)24(21,22)14-8-15-5-2-1-3-6-15/h1-3,5-6,16H,4,7-14H2/t16-/m0/s1. The van der Waals surface area contributed by atoms with E-state index in [0.29, 0.717) is 45.7 Å². The maximum Gasteiger partial charge on any atom is 0.241 e. The van der Waals surface area contributed by atoms with E-state index < -0.39 is 16.1 Å². The van der Waals surface area contributed by atoms with E-state index in [-0.39, 0.29) is 11.7 Å². The molecule has 0 spiro atoms. The highest BCUT2D eigenvalue weighted by atomic mass is 32.2. The van der Waals surface area contributed by atoms with Crippen molar-refractivity contribution >= 4 is 15.9 Å². The molecule has 2 fully saturated rings. The predicted molar refractivity (Wildman–Crippen MR) is 91.1 cm³/mol. The molecule has 3 rings (SSSR count). The van der Waals surface area contributed by atoms with Gasteiger partial charge < -0.3 is 9.64 Å². The number of carbonyl (C=O) groups excluding carboxylic acids is 1. The Morgan fingerprint density at radius 1 is 1.12 bits per heavy atom. The summed E-state index contributed by atoms with van der Waals surface area (Å²) in [7, 11) is -3.44. The van der Waals surface area contributed by atoms with Crippen LogP contribution in [0.1, 0.15) is 18.4 Å². The Morgan fingerprint density at radius 3 is 2.54 bits per heavy atom. The molecule has 2 heterocycles. The van der Waals surface area contributed by atoms with Gasteiger partial charge in [0.1, 0.15) is 6.04 Å². The SMILES string of the molecule is O=C([C@@H]1CCCN1S(=O)(=O)CCc1ccccc1)N1CCOCC1. The third-order valence-corrected chi connectivity index (χ3v) is 6.53. The van der Waals surface area contributed by atoms with Crippen molar-refractivity contribution in [2.24, 2.45) is 0 Å². The molecular formula is C17H24N2O4S. The van der Waals surface area contributed by atoms with Crippen molar-refractivity contribution < 1.29 is 17.9 Å². The second-order valence-corrected chi connectivity index (χ2v) is 8.30. The van der Waals surface area contributed by atoms with Crippen LogP contribution in [-0.2, 0) is 26.0 Å². The number of hydrogen-bond donors (Lipinski definition) is 0. The van der Waals surface area contributed by atoms with E-state index in [4.69, 9.17) is 4.74 Å². The quantitative estimate of drug-likeness (QED) is 0.789. The molecule has 2 saturated heterocycles. The van der Waals surface area contributed by atoms with Gasteiger partial charge in [-0.3, -0.25) is 4.79 Å². The van der Waals surface area contributed by atoms with Gasteiger partial charge >= 0.3 is 0 Å². The van der Waals surface area contributed by atoms with Crippen LogP contribution in [0.2, 0.25) is 0 Å². The van der Waals surface area contributed by atoms with Gasteiger partial charge in [-0.25, -0.2) is 8.42 Å². The number of aryl methyl sites for hydroxylation is 1. The molecule has 0 radical (unpaired) electrons. The van der Waals surface area contributed by atoms with Gasteiger partial charge in [0.05, 0.1) is 19.0 Å². The number of benzene rings is 1. The Morgan fingerprint density at radius 2 is 1.83 bits per heavy atom. The summed E-state index contributed by atoms with van der Waals surface area (Å²) in [5, 5.41) is 0.